The number of rotatable bonds is 6. The Hall–Kier alpha value is -1.10. The molecule has 0 heterocycles. The molecular weight excluding hydrogens is 160 g/mol. The van der Waals surface area contributed by atoms with Crippen LogP contribution in [0, 0.1) is 0 Å². The van der Waals surface area contributed by atoms with Crippen molar-refractivity contribution in [3.05, 3.63) is 0 Å². The molecule has 0 radical (unpaired) electrons. The molecule has 0 aliphatic heterocycles. The molecule has 0 aromatic rings. The summed E-state index contributed by atoms with van der Waals surface area (Å²) >= 11 is 0. The second-order valence-corrected chi connectivity index (χ2v) is 2.18. The highest BCUT2D eigenvalue weighted by atomic mass is 16.5. The first-order chi connectivity index (χ1) is 5.72. The SMILES string of the molecule is CCOC(=O)[C@H](C)NCNC=O. The van der Waals surface area contributed by atoms with Crippen LogP contribution in [0.4, 0.5) is 0 Å². The van der Waals surface area contributed by atoms with E-state index in [-0.39, 0.29) is 12.6 Å². The summed E-state index contributed by atoms with van der Waals surface area (Å²) in [6.07, 6.45) is 0.560. The van der Waals surface area contributed by atoms with E-state index in [0.29, 0.717) is 13.0 Å². The van der Waals surface area contributed by atoms with Crippen LogP contribution < -0.4 is 10.6 Å². The van der Waals surface area contributed by atoms with Gasteiger partial charge in [-0.3, -0.25) is 14.9 Å². The highest BCUT2D eigenvalue weighted by molar-refractivity contribution is 5.75. The van der Waals surface area contributed by atoms with E-state index in [1.807, 2.05) is 0 Å². The van der Waals surface area contributed by atoms with Crippen molar-refractivity contribution >= 4 is 12.4 Å². The highest BCUT2D eigenvalue weighted by Crippen LogP contribution is 1.85. The minimum atomic E-state index is -0.391. The number of nitrogens with one attached hydrogen (secondary N) is 2. The average Bonchev–Trinajstić information content (AvgIpc) is 2.05. The van der Waals surface area contributed by atoms with Crippen molar-refractivity contribution in [2.45, 2.75) is 19.9 Å². The zero-order valence-corrected chi connectivity index (χ0v) is 7.29. The predicted molar refractivity (Wildman–Crippen MR) is 43.3 cm³/mol. The van der Waals surface area contributed by atoms with Crippen LogP contribution in [-0.4, -0.2) is 31.7 Å². The van der Waals surface area contributed by atoms with Crippen LogP contribution in [0.15, 0.2) is 0 Å². The summed E-state index contributed by atoms with van der Waals surface area (Å²) in [7, 11) is 0. The summed E-state index contributed by atoms with van der Waals surface area (Å²) in [6.45, 7) is 4.05. The van der Waals surface area contributed by atoms with Gasteiger partial charge in [-0.1, -0.05) is 0 Å². The van der Waals surface area contributed by atoms with Crippen molar-refractivity contribution in [2.24, 2.45) is 0 Å². The Morgan fingerprint density at radius 1 is 1.67 bits per heavy atom. The van der Waals surface area contributed by atoms with E-state index in [1.165, 1.54) is 0 Å². The molecule has 5 heteroatoms. The number of hydrogen-bond acceptors (Lipinski definition) is 4. The third-order valence-corrected chi connectivity index (χ3v) is 1.23. The first-order valence-electron chi connectivity index (χ1n) is 3.79. The molecule has 70 valence electrons. The van der Waals surface area contributed by atoms with Gasteiger partial charge in [0.25, 0.3) is 0 Å². The van der Waals surface area contributed by atoms with Gasteiger partial charge >= 0.3 is 5.97 Å². The lowest BCUT2D eigenvalue weighted by Gasteiger charge is -2.11. The number of esters is 1. The second-order valence-electron chi connectivity index (χ2n) is 2.18. The van der Waals surface area contributed by atoms with Crippen LogP contribution in [0.5, 0.6) is 0 Å². The normalized spacial score (nSPS) is 11.8. The number of carbonyl (C=O) groups excluding carboxylic acids is 2. The molecule has 0 aromatic heterocycles. The first kappa shape index (κ1) is 10.9. The number of carbonyl (C=O) groups is 2. The van der Waals surface area contributed by atoms with E-state index >= 15 is 0 Å². The largest absolute Gasteiger partial charge is 0.465 e. The van der Waals surface area contributed by atoms with E-state index in [4.69, 9.17) is 4.74 Å². The lowest BCUT2D eigenvalue weighted by molar-refractivity contribution is -0.145. The summed E-state index contributed by atoms with van der Waals surface area (Å²) < 4.78 is 4.72. The second kappa shape index (κ2) is 6.60. The maximum Gasteiger partial charge on any atom is 0.322 e. The lowest BCUT2D eigenvalue weighted by atomic mass is 10.3. The summed E-state index contributed by atoms with van der Waals surface area (Å²) in [4.78, 5) is 20.8. The van der Waals surface area contributed by atoms with Gasteiger partial charge in [0.05, 0.1) is 13.3 Å². The monoisotopic (exact) mass is 174 g/mol. The van der Waals surface area contributed by atoms with Gasteiger partial charge < -0.3 is 10.1 Å². The van der Waals surface area contributed by atoms with Gasteiger partial charge in [-0.15, -0.1) is 0 Å². The number of amides is 1. The molecule has 12 heavy (non-hydrogen) atoms. The fraction of sp³-hybridized carbons (Fsp3) is 0.714. The van der Waals surface area contributed by atoms with Crippen LogP contribution in [0.1, 0.15) is 13.8 Å². The van der Waals surface area contributed by atoms with Gasteiger partial charge in [-0.25, -0.2) is 0 Å². The molecule has 0 saturated carbocycles. The zero-order valence-electron chi connectivity index (χ0n) is 7.29. The van der Waals surface area contributed by atoms with E-state index in [0.717, 1.165) is 0 Å². The molecule has 1 atom stereocenters. The average molecular weight is 174 g/mol. The van der Waals surface area contributed by atoms with Crippen LogP contribution in [0.2, 0.25) is 0 Å². The van der Waals surface area contributed by atoms with Crippen LogP contribution >= 0.6 is 0 Å². The Labute approximate surface area is 71.5 Å². The molecule has 0 bridgehead atoms. The Bertz CT molecular complexity index is 150. The smallest absolute Gasteiger partial charge is 0.322 e. The quantitative estimate of drug-likeness (QED) is 0.240. The lowest BCUT2D eigenvalue weighted by Crippen LogP contribution is -2.40. The minimum Gasteiger partial charge on any atom is -0.465 e. The van der Waals surface area contributed by atoms with Crippen molar-refractivity contribution in [1.29, 1.82) is 0 Å². The fourth-order valence-corrected chi connectivity index (χ4v) is 0.604. The summed E-state index contributed by atoms with van der Waals surface area (Å²) in [6, 6.07) is -0.391. The topological polar surface area (TPSA) is 67.4 Å². The molecule has 5 nitrogen and oxygen atoms in total. The molecular formula is C7H14N2O3. The van der Waals surface area contributed by atoms with Crippen molar-refractivity contribution < 1.29 is 14.3 Å². The Balaban J connectivity index is 3.49. The molecule has 1 amide bonds. The van der Waals surface area contributed by atoms with E-state index in [2.05, 4.69) is 10.6 Å². The van der Waals surface area contributed by atoms with Crippen LogP contribution in [-0.2, 0) is 14.3 Å². The maximum atomic E-state index is 10.9. The summed E-state index contributed by atoms with van der Waals surface area (Å²) in [5, 5.41) is 5.13. The minimum absolute atomic E-state index is 0.267. The molecule has 0 unspecified atom stereocenters. The van der Waals surface area contributed by atoms with Gasteiger partial charge in [0.2, 0.25) is 6.41 Å². The Morgan fingerprint density at radius 2 is 2.33 bits per heavy atom. The third kappa shape index (κ3) is 4.68. The van der Waals surface area contributed by atoms with Gasteiger partial charge in [0, 0.05) is 0 Å². The Kier molecular flexibility index (Phi) is 6.00. The van der Waals surface area contributed by atoms with E-state index in [9.17, 15) is 9.59 Å². The van der Waals surface area contributed by atoms with Crippen LogP contribution in [0.25, 0.3) is 0 Å². The van der Waals surface area contributed by atoms with Gasteiger partial charge in [-0.2, -0.15) is 0 Å². The van der Waals surface area contributed by atoms with Gasteiger partial charge in [-0.05, 0) is 13.8 Å². The highest BCUT2D eigenvalue weighted by Gasteiger charge is 2.11. The summed E-state index contributed by atoms with van der Waals surface area (Å²) in [5.41, 5.74) is 0. The van der Waals surface area contributed by atoms with Crippen molar-refractivity contribution in [3.63, 3.8) is 0 Å². The molecule has 0 spiro atoms. The predicted octanol–water partition coefficient (Wildman–Crippen LogP) is -0.769. The molecule has 2 N–H and O–H groups in total. The molecule has 0 rings (SSSR count). The zero-order chi connectivity index (χ0) is 9.40. The third-order valence-electron chi connectivity index (χ3n) is 1.23. The maximum absolute atomic E-state index is 10.9. The molecule has 0 aliphatic carbocycles. The summed E-state index contributed by atoms with van der Waals surface area (Å²) in [5.74, 6) is -0.315. The first-order valence-corrected chi connectivity index (χ1v) is 3.79. The molecule has 0 fully saturated rings. The Morgan fingerprint density at radius 3 is 2.83 bits per heavy atom. The van der Waals surface area contributed by atoms with Crippen molar-refractivity contribution in [3.8, 4) is 0 Å². The van der Waals surface area contributed by atoms with Crippen molar-refractivity contribution in [1.82, 2.24) is 10.6 Å². The van der Waals surface area contributed by atoms with E-state index < -0.39 is 6.04 Å². The standard InChI is InChI=1S/C7H14N2O3/c1-3-12-7(11)6(2)9-4-8-5-10/h5-6,9H,3-4H2,1-2H3,(H,8,10)/t6-/m0/s1. The molecule has 0 saturated heterocycles. The number of hydrogen-bond donors (Lipinski definition) is 2. The van der Waals surface area contributed by atoms with Gasteiger partial charge in [0.15, 0.2) is 0 Å². The molecule has 0 aliphatic rings. The van der Waals surface area contributed by atoms with Crippen LogP contribution in [0.3, 0.4) is 0 Å². The fourth-order valence-electron chi connectivity index (χ4n) is 0.604. The molecule has 0 aromatic carbocycles. The number of ether oxygens (including phenoxy) is 1. The van der Waals surface area contributed by atoms with Gasteiger partial charge in [0.1, 0.15) is 6.04 Å². The van der Waals surface area contributed by atoms with Crippen molar-refractivity contribution in [2.75, 3.05) is 13.3 Å². The van der Waals surface area contributed by atoms with E-state index in [1.54, 1.807) is 13.8 Å².